The van der Waals surface area contributed by atoms with Crippen molar-refractivity contribution >= 4 is 5.91 Å². The zero-order valence-corrected chi connectivity index (χ0v) is 14.3. The molecule has 0 aromatic heterocycles. The van der Waals surface area contributed by atoms with Gasteiger partial charge in [0.15, 0.2) is 18.1 Å². The Morgan fingerprint density at radius 1 is 1.04 bits per heavy atom. The molecule has 144 valence electrons. The van der Waals surface area contributed by atoms with Crippen LogP contribution in [0.1, 0.15) is 17.5 Å². The number of hydrogen-bond acceptors (Lipinski definition) is 4. The zero-order valence-electron chi connectivity index (χ0n) is 14.3. The van der Waals surface area contributed by atoms with Crippen molar-refractivity contribution in [3.05, 3.63) is 53.6 Å². The predicted molar refractivity (Wildman–Crippen MR) is 90.7 cm³/mol. The van der Waals surface area contributed by atoms with Gasteiger partial charge < -0.3 is 19.5 Å². The number of carbonyl (C=O) groups is 1. The lowest BCUT2D eigenvalue weighted by Gasteiger charge is -2.10. The molecule has 1 N–H and O–H groups in total. The first-order valence-corrected chi connectivity index (χ1v) is 8.33. The third-order valence-corrected chi connectivity index (χ3v) is 3.89. The number of rotatable bonds is 7. The Hall–Kier alpha value is -2.90. The number of halogens is 3. The first-order chi connectivity index (χ1) is 12.9. The Balaban J connectivity index is 1.41. The second kappa shape index (κ2) is 8.20. The number of nitrogens with one attached hydrogen (secondary N) is 1. The number of ether oxygens (including phenoxy) is 3. The van der Waals surface area contributed by atoms with Gasteiger partial charge in [-0.15, -0.1) is 0 Å². The normalized spacial score (nSPS) is 12.7. The number of benzene rings is 2. The number of fused-ring (bicyclic) bond motifs is 1. The highest BCUT2D eigenvalue weighted by Gasteiger charge is 2.28. The highest BCUT2D eigenvalue weighted by molar-refractivity contribution is 5.76. The molecule has 0 aliphatic carbocycles. The lowest BCUT2D eigenvalue weighted by molar-refractivity contribution is -0.153. The third-order valence-electron chi connectivity index (χ3n) is 3.89. The second-order valence-electron chi connectivity index (χ2n) is 6.01. The molecule has 1 aliphatic rings. The minimum absolute atomic E-state index is 0.120. The summed E-state index contributed by atoms with van der Waals surface area (Å²) in [7, 11) is 0. The van der Waals surface area contributed by atoms with E-state index >= 15 is 0 Å². The van der Waals surface area contributed by atoms with Gasteiger partial charge in [0.05, 0.1) is 0 Å². The fourth-order valence-corrected chi connectivity index (χ4v) is 2.51. The van der Waals surface area contributed by atoms with Gasteiger partial charge in [0.1, 0.15) is 5.75 Å². The van der Waals surface area contributed by atoms with Crippen molar-refractivity contribution in [1.29, 1.82) is 0 Å². The van der Waals surface area contributed by atoms with Crippen molar-refractivity contribution in [1.82, 2.24) is 5.32 Å². The first kappa shape index (κ1) is 18.9. The van der Waals surface area contributed by atoms with E-state index < -0.39 is 12.8 Å². The SMILES string of the molecule is O=C(CCc1ccc2c(c1)OCO2)NCc1ccc(OCC(F)(F)F)cc1. The first-order valence-electron chi connectivity index (χ1n) is 8.33. The van der Waals surface area contributed by atoms with Crippen molar-refractivity contribution in [3.8, 4) is 17.2 Å². The van der Waals surface area contributed by atoms with E-state index in [1.54, 1.807) is 12.1 Å². The molecule has 8 heteroatoms. The monoisotopic (exact) mass is 381 g/mol. The molecule has 1 amide bonds. The summed E-state index contributed by atoms with van der Waals surface area (Å²) in [5.41, 5.74) is 1.74. The molecule has 0 bridgehead atoms. The molecule has 0 unspecified atom stereocenters. The second-order valence-corrected chi connectivity index (χ2v) is 6.01. The highest BCUT2D eigenvalue weighted by Crippen LogP contribution is 2.32. The van der Waals surface area contributed by atoms with E-state index in [9.17, 15) is 18.0 Å². The molecule has 3 rings (SSSR count). The summed E-state index contributed by atoms with van der Waals surface area (Å²) < 4.78 is 51.5. The van der Waals surface area contributed by atoms with E-state index in [2.05, 4.69) is 10.1 Å². The Kier molecular flexibility index (Phi) is 5.73. The quantitative estimate of drug-likeness (QED) is 0.796. The van der Waals surface area contributed by atoms with Crippen LogP contribution in [0.15, 0.2) is 42.5 Å². The molecule has 0 spiro atoms. The molecule has 2 aromatic carbocycles. The molecule has 27 heavy (non-hydrogen) atoms. The zero-order chi connectivity index (χ0) is 19.3. The van der Waals surface area contributed by atoms with Crippen LogP contribution in [0, 0.1) is 0 Å². The molecule has 5 nitrogen and oxygen atoms in total. The number of alkyl halides is 3. The van der Waals surface area contributed by atoms with Crippen LogP contribution in [0.5, 0.6) is 17.2 Å². The summed E-state index contributed by atoms with van der Waals surface area (Å²) in [5.74, 6) is 1.39. The standard InChI is InChI=1S/C19H18F3NO4/c20-19(21,22)11-25-15-5-1-14(2-6-15)10-23-18(24)8-4-13-3-7-16-17(9-13)27-12-26-16/h1-3,5-7,9H,4,8,10-12H2,(H,23,24). The summed E-state index contributed by atoms with van der Waals surface area (Å²) in [5, 5.41) is 2.78. The van der Waals surface area contributed by atoms with E-state index in [0.717, 1.165) is 11.1 Å². The largest absolute Gasteiger partial charge is 0.484 e. The van der Waals surface area contributed by atoms with E-state index in [1.807, 2.05) is 18.2 Å². The van der Waals surface area contributed by atoms with Crippen LogP contribution in [-0.4, -0.2) is 25.5 Å². The Labute approximate surface area is 154 Å². The van der Waals surface area contributed by atoms with Gasteiger partial charge in [-0.2, -0.15) is 13.2 Å². The van der Waals surface area contributed by atoms with Gasteiger partial charge in [-0.25, -0.2) is 0 Å². The predicted octanol–water partition coefficient (Wildman–Crippen LogP) is 3.61. The van der Waals surface area contributed by atoms with Gasteiger partial charge in [-0.1, -0.05) is 18.2 Å². The maximum atomic E-state index is 12.1. The van der Waals surface area contributed by atoms with Crippen molar-refractivity contribution < 1.29 is 32.2 Å². The van der Waals surface area contributed by atoms with Crippen LogP contribution in [-0.2, 0) is 17.8 Å². The van der Waals surface area contributed by atoms with Crippen LogP contribution < -0.4 is 19.5 Å². The average Bonchev–Trinajstić information content (AvgIpc) is 3.11. The summed E-state index contributed by atoms with van der Waals surface area (Å²) >= 11 is 0. The van der Waals surface area contributed by atoms with Gasteiger partial charge in [-0.3, -0.25) is 4.79 Å². The molecule has 2 aromatic rings. The van der Waals surface area contributed by atoms with Crippen molar-refractivity contribution in [2.45, 2.75) is 25.6 Å². The summed E-state index contributed by atoms with van der Waals surface area (Å²) in [6.07, 6.45) is -3.50. The van der Waals surface area contributed by atoms with Gasteiger partial charge in [0.2, 0.25) is 12.7 Å². The van der Waals surface area contributed by atoms with Crippen molar-refractivity contribution in [2.75, 3.05) is 13.4 Å². The molecule has 0 atom stereocenters. The van der Waals surface area contributed by atoms with Crippen LogP contribution >= 0.6 is 0 Å². The van der Waals surface area contributed by atoms with Crippen molar-refractivity contribution in [3.63, 3.8) is 0 Å². The third kappa shape index (κ3) is 5.80. The lowest BCUT2D eigenvalue weighted by atomic mass is 10.1. The maximum absolute atomic E-state index is 12.1. The van der Waals surface area contributed by atoms with Crippen LogP contribution in [0.3, 0.4) is 0 Å². The van der Waals surface area contributed by atoms with Crippen LogP contribution in [0.25, 0.3) is 0 Å². The van der Waals surface area contributed by atoms with Crippen molar-refractivity contribution in [2.24, 2.45) is 0 Å². The Morgan fingerprint density at radius 2 is 1.74 bits per heavy atom. The number of carbonyl (C=O) groups excluding carboxylic acids is 1. The molecule has 0 radical (unpaired) electrons. The average molecular weight is 381 g/mol. The topological polar surface area (TPSA) is 56.8 Å². The fourth-order valence-electron chi connectivity index (χ4n) is 2.51. The van der Waals surface area contributed by atoms with Gasteiger partial charge in [0.25, 0.3) is 0 Å². The minimum atomic E-state index is -4.37. The minimum Gasteiger partial charge on any atom is -0.484 e. The highest BCUT2D eigenvalue weighted by atomic mass is 19.4. The smallest absolute Gasteiger partial charge is 0.422 e. The molecular weight excluding hydrogens is 363 g/mol. The number of hydrogen-bond donors (Lipinski definition) is 1. The van der Waals surface area contributed by atoms with Gasteiger partial charge in [-0.05, 0) is 41.8 Å². The summed E-state index contributed by atoms with van der Waals surface area (Å²) in [6.45, 7) is -0.832. The molecule has 1 aliphatic heterocycles. The number of amides is 1. The molecular formula is C19H18F3NO4. The molecule has 0 saturated heterocycles. The lowest BCUT2D eigenvalue weighted by Crippen LogP contribution is -2.23. The van der Waals surface area contributed by atoms with Crippen LogP contribution in [0.4, 0.5) is 13.2 Å². The Bertz CT molecular complexity index is 791. The van der Waals surface area contributed by atoms with E-state index in [1.165, 1.54) is 12.1 Å². The van der Waals surface area contributed by atoms with E-state index in [4.69, 9.17) is 9.47 Å². The molecule has 0 fully saturated rings. The fraction of sp³-hybridized carbons (Fsp3) is 0.316. The summed E-state index contributed by atoms with van der Waals surface area (Å²) in [4.78, 5) is 12.0. The Morgan fingerprint density at radius 3 is 2.48 bits per heavy atom. The molecule has 0 saturated carbocycles. The van der Waals surface area contributed by atoms with E-state index in [-0.39, 0.29) is 18.4 Å². The van der Waals surface area contributed by atoms with Gasteiger partial charge in [0, 0.05) is 13.0 Å². The van der Waals surface area contributed by atoms with E-state index in [0.29, 0.717) is 30.9 Å². The summed E-state index contributed by atoms with van der Waals surface area (Å²) in [6, 6.07) is 11.7. The van der Waals surface area contributed by atoms with Crippen LogP contribution in [0.2, 0.25) is 0 Å². The number of aryl methyl sites for hydroxylation is 1. The van der Waals surface area contributed by atoms with Gasteiger partial charge >= 0.3 is 6.18 Å². The molecule has 1 heterocycles. The maximum Gasteiger partial charge on any atom is 0.422 e.